The van der Waals surface area contributed by atoms with Crippen LogP contribution in [0.1, 0.15) is 24.0 Å². The fourth-order valence-electron chi connectivity index (χ4n) is 2.37. The second-order valence-corrected chi connectivity index (χ2v) is 4.83. The summed E-state index contributed by atoms with van der Waals surface area (Å²) in [6.07, 6.45) is 0.494. The molecule has 6 nitrogen and oxygen atoms in total. The first-order chi connectivity index (χ1) is 10.0. The minimum absolute atomic E-state index is 0.143. The third-order valence-corrected chi connectivity index (χ3v) is 3.53. The van der Waals surface area contributed by atoms with Crippen LogP contribution in [0.4, 0.5) is 0 Å². The molecule has 0 radical (unpaired) electrons. The lowest BCUT2D eigenvalue weighted by Crippen LogP contribution is -2.44. The molecule has 21 heavy (non-hydrogen) atoms. The Hall–Kier alpha value is -2.81. The number of carbonyl (C=O) groups is 2. The van der Waals surface area contributed by atoms with E-state index in [1.807, 2.05) is 6.07 Å². The Bertz CT molecular complexity index is 630. The Balaban J connectivity index is 2.36. The quantitative estimate of drug-likeness (QED) is 0.749. The number of nitrogens with zero attached hydrogens (tertiary/aromatic N) is 1. The first-order valence-corrected chi connectivity index (χ1v) is 6.51. The van der Waals surface area contributed by atoms with Gasteiger partial charge in [0.25, 0.3) is 5.91 Å². The van der Waals surface area contributed by atoms with Gasteiger partial charge in [-0.25, -0.2) is 0 Å². The maximum Gasteiger partial charge on any atom is 0.255 e. The lowest BCUT2D eigenvalue weighted by molar-refractivity contribution is -0.125. The van der Waals surface area contributed by atoms with Crippen LogP contribution in [0.2, 0.25) is 0 Å². The number of nitriles is 1. The van der Waals surface area contributed by atoms with Gasteiger partial charge in [0.1, 0.15) is 5.54 Å². The highest BCUT2D eigenvalue weighted by Gasteiger charge is 2.45. The SMILES string of the molecule is C=C1NC(=O)C(CCC(=O)NC)(c2ccc(C#N)cc2)N1. The predicted molar refractivity (Wildman–Crippen MR) is 76.6 cm³/mol. The third kappa shape index (κ3) is 2.72. The van der Waals surface area contributed by atoms with Gasteiger partial charge in [0.05, 0.1) is 17.5 Å². The largest absolute Gasteiger partial charge is 0.359 e. The van der Waals surface area contributed by atoms with Crippen LogP contribution in [0.5, 0.6) is 0 Å². The molecular formula is C15H16N4O2. The first-order valence-electron chi connectivity index (χ1n) is 6.51. The van der Waals surface area contributed by atoms with Gasteiger partial charge in [0.15, 0.2) is 0 Å². The lowest BCUT2D eigenvalue weighted by atomic mass is 9.85. The van der Waals surface area contributed by atoms with Crippen LogP contribution in [-0.2, 0) is 15.1 Å². The molecule has 0 saturated carbocycles. The van der Waals surface area contributed by atoms with Crippen molar-refractivity contribution in [1.82, 2.24) is 16.0 Å². The van der Waals surface area contributed by atoms with Crippen molar-refractivity contribution >= 4 is 11.8 Å². The molecule has 3 N–H and O–H groups in total. The Kier molecular flexibility index (Phi) is 3.94. The Morgan fingerprint density at radius 3 is 2.57 bits per heavy atom. The van der Waals surface area contributed by atoms with Gasteiger partial charge in [0, 0.05) is 13.5 Å². The van der Waals surface area contributed by atoms with Crippen molar-refractivity contribution in [3.8, 4) is 6.07 Å². The number of carbonyl (C=O) groups excluding carboxylic acids is 2. The van der Waals surface area contributed by atoms with Gasteiger partial charge in [-0.2, -0.15) is 5.26 Å². The molecule has 0 spiro atoms. The predicted octanol–water partition coefficient (Wildman–Crippen LogP) is 0.470. The molecule has 2 rings (SSSR count). The molecule has 1 heterocycles. The van der Waals surface area contributed by atoms with Crippen LogP contribution < -0.4 is 16.0 Å². The summed E-state index contributed by atoms with van der Waals surface area (Å²) in [6.45, 7) is 3.71. The molecule has 108 valence electrons. The summed E-state index contributed by atoms with van der Waals surface area (Å²) in [5.74, 6) is 0.0116. The van der Waals surface area contributed by atoms with Crippen LogP contribution in [0.25, 0.3) is 0 Å². The molecule has 1 aliphatic rings. The minimum Gasteiger partial charge on any atom is -0.359 e. The summed E-state index contributed by atoms with van der Waals surface area (Å²) in [5.41, 5.74) is 0.177. The second kappa shape index (κ2) is 5.67. The molecule has 1 aromatic rings. The van der Waals surface area contributed by atoms with Gasteiger partial charge >= 0.3 is 0 Å². The number of amides is 2. The molecule has 1 saturated heterocycles. The van der Waals surface area contributed by atoms with Gasteiger partial charge in [-0.1, -0.05) is 18.7 Å². The number of benzene rings is 1. The van der Waals surface area contributed by atoms with Crippen molar-refractivity contribution in [2.45, 2.75) is 18.4 Å². The average molecular weight is 284 g/mol. The number of rotatable bonds is 4. The van der Waals surface area contributed by atoms with E-state index in [-0.39, 0.29) is 18.2 Å². The van der Waals surface area contributed by atoms with Crippen molar-refractivity contribution in [3.05, 3.63) is 47.8 Å². The topological polar surface area (TPSA) is 94.0 Å². The van der Waals surface area contributed by atoms with E-state index < -0.39 is 5.54 Å². The summed E-state index contributed by atoms with van der Waals surface area (Å²) in [7, 11) is 1.55. The van der Waals surface area contributed by atoms with E-state index in [9.17, 15) is 9.59 Å². The van der Waals surface area contributed by atoms with Gasteiger partial charge in [0.2, 0.25) is 5.91 Å². The highest BCUT2D eigenvalue weighted by atomic mass is 16.2. The van der Waals surface area contributed by atoms with Crippen molar-refractivity contribution in [1.29, 1.82) is 5.26 Å². The normalized spacial score (nSPS) is 20.4. The molecule has 0 bridgehead atoms. The van der Waals surface area contributed by atoms with E-state index in [1.165, 1.54) is 0 Å². The Labute approximate surface area is 122 Å². The van der Waals surface area contributed by atoms with Crippen LogP contribution in [0.3, 0.4) is 0 Å². The van der Waals surface area contributed by atoms with Crippen molar-refractivity contribution in [2.75, 3.05) is 7.05 Å². The number of nitrogens with one attached hydrogen (secondary N) is 3. The van der Waals surface area contributed by atoms with Crippen LogP contribution in [0, 0.1) is 11.3 Å². The highest BCUT2D eigenvalue weighted by Crippen LogP contribution is 2.31. The zero-order valence-electron chi connectivity index (χ0n) is 11.7. The molecule has 1 fully saturated rings. The zero-order chi connectivity index (χ0) is 15.5. The Morgan fingerprint density at radius 2 is 2.10 bits per heavy atom. The van der Waals surface area contributed by atoms with Crippen LogP contribution in [-0.4, -0.2) is 18.9 Å². The summed E-state index contributed by atoms with van der Waals surface area (Å²) in [5, 5.41) is 17.1. The van der Waals surface area contributed by atoms with E-state index in [0.29, 0.717) is 23.4 Å². The fourth-order valence-corrected chi connectivity index (χ4v) is 2.37. The molecule has 1 atom stereocenters. The molecule has 1 unspecified atom stereocenters. The van der Waals surface area contributed by atoms with E-state index in [0.717, 1.165) is 0 Å². The van der Waals surface area contributed by atoms with Crippen molar-refractivity contribution < 1.29 is 9.59 Å². The van der Waals surface area contributed by atoms with Crippen LogP contribution in [0.15, 0.2) is 36.7 Å². The minimum atomic E-state index is -1.03. The summed E-state index contributed by atoms with van der Waals surface area (Å²) < 4.78 is 0. The smallest absolute Gasteiger partial charge is 0.255 e. The van der Waals surface area contributed by atoms with E-state index in [4.69, 9.17) is 5.26 Å². The zero-order valence-corrected chi connectivity index (χ0v) is 11.7. The van der Waals surface area contributed by atoms with Crippen molar-refractivity contribution in [3.63, 3.8) is 0 Å². The molecule has 0 aromatic heterocycles. The van der Waals surface area contributed by atoms with Gasteiger partial charge in [-0.05, 0) is 24.1 Å². The van der Waals surface area contributed by atoms with E-state index >= 15 is 0 Å². The summed E-state index contributed by atoms with van der Waals surface area (Å²) >= 11 is 0. The maximum absolute atomic E-state index is 12.3. The van der Waals surface area contributed by atoms with Gasteiger partial charge in [-0.3, -0.25) is 9.59 Å². The number of hydrogen-bond acceptors (Lipinski definition) is 4. The Morgan fingerprint density at radius 1 is 1.43 bits per heavy atom. The standard InChI is InChI=1S/C15H16N4O2/c1-10-18-14(21)15(19-10,8-7-13(20)17-2)12-5-3-11(9-16)4-6-12/h3-6,19H,1,7-8H2,2H3,(H,17,20)(H,18,21). The first kappa shape index (κ1) is 14.6. The molecular weight excluding hydrogens is 268 g/mol. The van der Waals surface area contributed by atoms with Crippen LogP contribution >= 0.6 is 0 Å². The molecule has 1 aromatic carbocycles. The molecule has 0 aliphatic carbocycles. The summed E-state index contributed by atoms with van der Waals surface area (Å²) in [4.78, 5) is 23.8. The maximum atomic E-state index is 12.3. The molecule has 2 amide bonds. The van der Waals surface area contributed by atoms with Crippen molar-refractivity contribution in [2.24, 2.45) is 0 Å². The average Bonchev–Trinajstić information content (AvgIpc) is 2.80. The second-order valence-electron chi connectivity index (χ2n) is 4.83. The summed E-state index contributed by atoms with van der Waals surface area (Å²) in [6, 6.07) is 8.76. The fraction of sp³-hybridized carbons (Fsp3) is 0.267. The highest BCUT2D eigenvalue weighted by molar-refractivity contribution is 5.92. The van der Waals surface area contributed by atoms with E-state index in [1.54, 1.807) is 31.3 Å². The molecule has 6 heteroatoms. The van der Waals surface area contributed by atoms with E-state index in [2.05, 4.69) is 22.5 Å². The monoisotopic (exact) mass is 284 g/mol. The third-order valence-electron chi connectivity index (χ3n) is 3.53. The lowest BCUT2D eigenvalue weighted by Gasteiger charge is -2.27. The van der Waals surface area contributed by atoms with Gasteiger partial charge < -0.3 is 16.0 Å². The van der Waals surface area contributed by atoms with Gasteiger partial charge in [-0.15, -0.1) is 0 Å². The number of hydrogen-bond donors (Lipinski definition) is 3. The molecule has 1 aliphatic heterocycles.